The second kappa shape index (κ2) is 5.08. The van der Waals surface area contributed by atoms with E-state index in [1.807, 2.05) is 12.1 Å². The zero-order valence-corrected chi connectivity index (χ0v) is 11.0. The van der Waals surface area contributed by atoms with Crippen molar-refractivity contribution in [3.8, 4) is 0 Å². The summed E-state index contributed by atoms with van der Waals surface area (Å²) < 4.78 is 14.2. The summed E-state index contributed by atoms with van der Waals surface area (Å²) in [5.74, 6) is -0.139. The lowest BCUT2D eigenvalue weighted by molar-refractivity contribution is 0.427. The highest BCUT2D eigenvalue weighted by molar-refractivity contribution is 9.10. The molecule has 0 spiro atoms. The highest BCUT2D eigenvalue weighted by Gasteiger charge is 2.09. The summed E-state index contributed by atoms with van der Waals surface area (Å²) in [6.07, 6.45) is 0.719. The first-order valence-electron chi connectivity index (χ1n) is 5.07. The van der Waals surface area contributed by atoms with Gasteiger partial charge in [-0.15, -0.1) is 0 Å². The van der Waals surface area contributed by atoms with Gasteiger partial charge in [0, 0.05) is 10.0 Å². The number of rotatable bonds is 3. The Labute approximate surface area is 99.2 Å². The zero-order valence-electron chi connectivity index (χ0n) is 9.40. The molecule has 1 N–H and O–H groups in total. The monoisotopic (exact) mass is 273 g/mol. The molecule has 1 aromatic carbocycles. The topological polar surface area (TPSA) is 12.0 Å². The number of halogens is 2. The van der Waals surface area contributed by atoms with Crippen molar-refractivity contribution < 1.29 is 4.39 Å². The minimum absolute atomic E-state index is 0.0891. The van der Waals surface area contributed by atoms with E-state index in [-0.39, 0.29) is 11.4 Å². The van der Waals surface area contributed by atoms with Crippen LogP contribution < -0.4 is 5.32 Å². The average Bonchev–Trinajstić information content (AvgIpc) is 2.07. The third kappa shape index (κ3) is 4.76. The molecule has 0 saturated heterocycles. The maximum atomic E-state index is 13.4. The fourth-order valence-electron chi connectivity index (χ4n) is 1.30. The lowest BCUT2D eigenvalue weighted by Crippen LogP contribution is -2.37. The van der Waals surface area contributed by atoms with Crippen LogP contribution in [0.15, 0.2) is 22.7 Å². The molecular weight excluding hydrogens is 257 g/mol. The lowest BCUT2D eigenvalue weighted by atomic mass is 10.1. The van der Waals surface area contributed by atoms with Crippen molar-refractivity contribution in [1.82, 2.24) is 5.32 Å². The van der Waals surface area contributed by atoms with Crippen LogP contribution in [0.2, 0.25) is 0 Å². The molecule has 3 heteroatoms. The largest absolute Gasteiger partial charge is 0.312 e. The molecule has 1 rings (SSSR count). The predicted molar refractivity (Wildman–Crippen MR) is 65.6 cm³/mol. The molecule has 0 fully saturated rings. The average molecular weight is 274 g/mol. The van der Waals surface area contributed by atoms with Crippen molar-refractivity contribution in [1.29, 1.82) is 0 Å². The molecule has 0 radical (unpaired) electrons. The Bertz CT molecular complexity index is 331. The van der Waals surface area contributed by atoms with Crippen molar-refractivity contribution in [3.63, 3.8) is 0 Å². The molecule has 0 saturated carbocycles. The van der Waals surface area contributed by atoms with Crippen molar-refractivity contribution in [2.45, 2.75) is 32.7 Å². The molecule has 0 aliphatic heterocycles. The Morgan fingerprint density at radius 3 is 2.53 bits per heavy atom. The van der Waals surface area contributed by atoms with Gasteiger partial charge in [-0.05, 0) is 51.4 Å². The molecule has 1 aromatic rings. The summed E-state index contributed by atoms with van der Waals surface area (Å²) in [7, 11) is 0. The molecule has 0 aliphatic carbocycles. The molecule has 0 unspecified atom stereocenters. The summed E-state index contributed by atoms with van der Waals surface area (Å²) in [6, 6.07) is 5.20. The molecule has 0 bridgehead atoms. The Hall–Kier alpha value is -0.410. The summed E-state index contributed by atoms with van der Waals surface area (Å²) in [6.45, 7) is 7.10. The van der Waals surface area contributed by atoms with Gasteiger partial charge >= 0.3 is 0 Å². The van der Waals surface area contributed by atoms with E-state index in [9.17, 15) is 4.39 Å². The van der Waals surface area contributed by atoms with Crippen LogP contribution in [-0.2, 0) is 6.42 Å². The Kier molecular flexibility index (Phi) is 4.29. The van der Waals surface area contributed by atoms with Crippen molar-refractivity contribution >= 4 is 15.9 Å². The van der Waals surface area contributed by atoms with Crippen LogP contribution in [0.4, 0.5) is 4.39 Å². The third-order valence-electron chi connectivity index (χ3n) is 2.06. The van der Waals surface area contributed by atoms with Gasteiger partial charge in [0.2, 0.25) is 0 Å². The molecule has 0 amide bonds. The molecule has 84 valence electrons. The van der Waals surface area contributed by atoms with Gasteiger partial charge in [0.1, 0.15) is 5.82 Å². The van der Waals surface area contributed by atoms with Gasteiger partial charge in [-0.2, -0.15) is 0 Å². The SMILES string of the molecule is CC(C)(C)NCCc1ccc(Br)cc1F. The molecule has 0 heterocycles. The Balaban J connectivity index is 2.51. The fraction of sp³-hybridized carbons (Fsp3) is 0.500. The van der Waals surface area contributed by atoms with E-state index in [1.54, 1.807) is 0 Å². The molecule has 1 nitrogen and oxygen atoms in total. The first kappa shape index (κ1) is 12.7. The number of benzene rings is 1. The zero-order chi connectivity index (χ0) is 11.5. The van der Waals surface area contributed by atoms with Crippen LogP contribution in [0.3, 0.4) is 0 Å². The van der Waals surface area contributed by atoms with Crippen LogP contribution in [0.25, 0.3) is 0 Å². The van der Waals surface area contributed by atoms with Gasteiger partial charge in [-0.1, -0.05) is 22.0 Å². The molecule has 0 aromatic heterocycles. The maximum Gasteiger partial charge on any atom is 0.127 e. The van der Waals surface area contributed by atoms with Crippen LogP contribution in [0, 0.1) is 5.82 Å². The van der Waals surface area contributed by atoms with E-state index in [4.69, 9.17) is 0 Å². The second-order valence-electron chi connectivity index (χ2n) is 4.66. The minimum atomic E-state index is -0.139. The van der Waals surface area contributed by atoms with Gasteiger partial charge in [-0.25, -0.2) is 4.39 Å². The van der Waals surface area contributed by atoms with E-state index >= 15 is 0 Å². The number of hydrogen-bond donors (Lipinski definition) is 1. The quantitative estimate of drug-likeness (QED) is 0.889. The van der Waals surface area contributed by atoms with Gasteiger partial charge in [-0.3, -0.25) is 0 Å². The van der Waals surface area contributed by atoms with Crippen LogP contribution >= 0.6 is 15.9 Å². The summed E-state index contributed by atoms with van der Waals surface area (Å²) >= 11 is 3.24. The molecule has 0 atom stereocenters. The number of hydrogen-bond acceptors (Lipinski definition) is 1. The van der Waals surface area contributed by atoms with Crippen LogP contribution in [-0.4, -0.2) is 12.1 Å². The summed E-state index contributed by atoms with van der Waals surface area (Å²) in [4.78, 5) is 0. The van der Waals surface area contributed by atoms with E-state index in [0.29, 0.717) is 0 Å². The molecular formula is C12H17BrFN. The first-order valence-corrected chi connectivity index (χ1v) is 5.87. The highest BCUT2D eigenvalue weighted by Crippen LogP contribution is 2.15. The molecule has 15 heavy (non-hydrogen) atoms. The van der Waals surface area contributed by atoms with E-state index in [0.717, 1.165) is 23.0 Å². The predicted octanol–water partition coefficient (Wildman–Crippen LogP) is 3.52. The lowest BCUT2D eigenvalue weighted by Gasteiger charge is -2.20. The van der Waals surface area contributed by atoms with Crippen molar-refractivity contribution in [3.05, 3.63) is 34.1 Å². The highest BCUT2D eigenvalue weighted by atomic mass is 79.9. The van der Waals surface area contributed by atoms with Crippen molar-refractivity contribution in [2.75, 3.05) is 6.54 Å². The summed E-state index contributed by atoms with van der Waals surface area (Å²) in [5.41, 5.74) is 0.848. The van der Waals surface area contributed by atoms with Gasteiger partial charge in [0.05, 0.1) is 0 Å². The van der Waals surface area contributed by atoms with Crippen LogP contribution in [0.5, 0.6) is 0 Å². The summed E-state index contributed by atoms with van der Waals surface area (Å²) in [5, 5.41) is 3.33. The van der Waals surface area contributed by atoms with Gasteiger partial charge in [0.25, 0.3) is 0 Å². The van der Waals surface area contributed by atoms with Crippen molar-refractivity contribution in [2.24, 2.45) is 0 Å². The van der Waals surface area contributed by atoms with E-state index in [1.165, 1.54) is 6.07 Å². The van der Waals surface area contributed by atoms with E-state index < -0.39 is 0 Å². The fourth-order valence-corrected chi connectivity index (χ4v) is 1.63. The minimum Gasteiger partial charge on any atom is -0.312 e. The Morgan fingerprint density at radius 2 is 2.00 bits per heavy atom. The maximum absolute atomic E-state index is 13.4. The standard InChI is InChI=1S/C12H17BrFN/c1-12(2,3)15-7-6-9-4-5-10(13)8-11(9)14/h4-5,8,15H,6-7H2,1-3H3. The Morgan fingerprint density at radius 1 is 1.33 bits per heavy atom. The van der Waals surface area contributed by atoms with E-state index in [2.05, 4.69) is 42.0 Å². The normalized spacial score (nSPS) is 11.8. The molecule has 0 aliphatic rings. The number of nitrogens with one attached hydrogen (secondary N) is 1. The smallest absolute Gasteiger partial charge is 0.127 e. The first-order chi connectivity index (χ1) is 6.88. The van der Waals surface area contributed by atoms with Gasteiger partial charge in [0.15, 0.2) is 0 Å². The third-order valence-corrected chi connectivity index (χ3v) is 2.56. The second-order valence-corrected chi connectivity index (χ2v) is 5.58. The van der Waals surface area contributed by atoms with Gasteiger partial charge < -0.3 is 5.32 Å². The van der Waals surface area contributed by atoms with Crippen LogP contribution in [0.1, 0.15) is 26.3 Å².